The lowest BCUT2D eigenvalue weighted by molar-refractivity contribution is -0.123. The Morgan fingerprint density at radius 2 is 2.30 bits per heavy atom. The van der Waals surface area contributed by atoms with E-state index < -0.39 is 0 Å². The van der Waals surface area contributed by atoms with Crippen molar-refractivity contribution in [2.75, 3.05) is 6.54 Å². The van der Waals surface area contributed by atoms with Crippen LogP contribution in [0.25, 0.3) is 0 Å². The third-order valence-electron chi connectivity index (χ3n) is 2.72. The maximum Gasteiger partial charge on any atom is 0.221 e. The van der Waals surface area contributed by atoms with Gasteiger partial charge in [0, 0.05) is 24.4 Å². The zero-order valence-corrected chi connectivity index (χ0v) is 5.89. The van der Waals surface area contributed by atoms with E-state index in [9.17, 15) is 4.79 Å². The zero-order valence-electron chi connectivity index (χ0n) is 5.89. The van der Waals surface area contributed by atoms with Gasteiger partial charge in [-0.3, -0.25) is 4.79 Å². The fourth-order valence-corrected chi connectivity index (χ4v) is 1.60. The molecule has 1 aliphatic carbocycles. The summed E-state index contributed by atoms with van der Waals surface area (Å²) >= 11 is 0. The first-order chi connectivity index (χ1) is 4.73. The zero-order chi connectivity index (χ0) is 7.19. The Morgan fingerprint density at radius 1 is 1.60 bits per heavy atom. The summed E-state index contributed by atoms with van der Waals surface area (Å²) in [5.74, 6) is 0.116. The SMILES string of the molecule is NC1CC(=O)NCC12CC2. The number of nitrogens with two attached hydrogens (primary N) is 1. The predicted molar refractivity (Wildman–Crippen MR) is 37.3 cm³/mol. The molecule has 2 fully saturated rings. The number of hydrogen-bond acceptors (Lipinski definition) is 2. The van der Waals surface area contributed by atoms with Crippen molar-refractivity contribution in [2.24, 2.45) is 11.1 Å². The Kier molecular flexibility index (Phi) is 1.06. The van der Waals surface area contributed by atoms with Crippen LogP contribution in [-0.2, 0) is 4.79 Å². The van der Waals surface area contributed by atoms with Crippen molar-refractivity contribution >= 4 is 5.91 Å². The number of rotatable bonds is 0. The van der Waals surface area contributed by atoms with Gasteiger partial charge in [-0.15, -0.1) is 0 Å². The number of piperidine rings is 1. The van der Waals surface area contributed by atoms with Crippen LogP contribution in [0.3, 0.4) is 0 Å². The van der Waals surface area contributed by atoms with Crippen LogP contribution in [0.1, 0.15) is 19.3 Å². The quantitative estimate of drug-likeness (QED) is 0.481. The minimum Gasteiger partial charge on any atom is -0.355 e. The van der Waals surface area contributed by atoms with E-state index in [0.29, 0.717) is 11.8 Å². The van der Waals surface area contributed by atoms with Gasteiger partial charge in [0.1, 0.15) is 0 Å². The second kappa shape index (κ2) is 1.72. The molecule has 1 saturated carbocycles. The van der Waals surface area contributed by atoms with Gasteiger partial charge in [0.05, 0.1) is 0 Å². The van der Waals surface area contributed by atoms with Gasteiger partial charge in [-0.1, -0.05) is 0 Å². The van der Waals surface area contributed by atoms with Gasteiger partial charge in [0.25, 0.3) is 0 Å². The summed E-state index contributed by atoms with van der Waals surface area (Å²) in [4.78, 5) is 10.8. The Bertz CT molecular complexity index is 174. The molecule has 10 heavy (non-hydrogen) atoms. The van der Waals surface area contributed by atoms with Gasteiger partial charge in [-0.25, -0.2) is 0 Å². The third kappa shape index (κ3) is 0.736. The molecule has 3 heteroatoms. The number of nitrogens with one attached hydrogen (secondary N) is 1. The van der Waals surface area contributed by atoms with Gasteiger partial charge in [-0.05, 0) is 12.8 Å². The molecule has 2 rings (SSSR count). The molecule has 1 saturated heterocycles. The van der Waals surface area contributed by atoms with Gasteiger partial charge in [0.15, 0.2) is 0 Å². The number of amides is 1. The molecule has 1 atom stereocenters. The van der Waals surface area contributed by atoms with E-state index in [2.05, 4.69) is 5.32 Å². The molecule has 3 N–H and O–H groups in total. The predicted octanol–water partition coefficient (Wildman–Crippen LogP) is -0.386. The van der Waals surface area contributed by atoms with E-state index >= 15 is 0 Å². The molecule has 0 aromatic rings. The van der Waals surface area contributed by atoms with Gasteiger partial charge >= 0.3 is 0 Å². The largest absolute Gasteiger partial charge is 0.355 e. The first-order valence-corrected chi connectivity index (χ1v) is 3.75. The van der Waals surface area contributed by atoms with E-state index in [1.807, 2.05) is 0 Å². The van der Waals surface area contributed by atoms with Gasteiger partial charge in [0.2, 0.25) is 5.91 Å². The van der Waals surface area contributed by atoms with Crippen molar-refractivity contribution in [1.29, 1.82) is 0 Å². The van der Waals surface area contributed by atoms with E-state index in [0.717, 1.165) is 6.54 Å². The van der Waals surface area contributed by atoms with E-state index in [4.69, 9.17) is 5.73 Å². The minimum absolute atomic E-state index is 0.116. The molecule has 1 amide bonds. The highest BCUT2D eigenvalue weighted by Gasteiger charge is 2.50. The van der Waals surface area contributed by atoms with Crippen LogP contribution in [0.2, 0.25) is 0 Å². The average Bonchev–Trinajstić information content (AvgIpc) is 2.62. The van der Waals surface area contributed by atoms with Crippen LogP contribution >= 0.6 is 0 Å². The van der Waals surface area contributed by atoms with E-state index in [1.54, 1.807) is 0 Å². The Labute approximate surface area is 60.0 Å². The molecule has 56 valence electrons. The van der Waals surface area contributed by atoms with Crippen LogP contribution in [0.4, 0.5) is 0 Å². The maximum absolute atomic E-state index is 10.8. The molecule has 3 nitrogen and oxygen atoms in total. The normalized spacial score (nSPS) is 35.7. The fourth-order valence-electron chi connectivity index (χ4n) is 1.60. The molecule has 0 bridgehead atoms. The first-order valence-electron chi connectivity index (χ1n) is 3.75. The highest BCUT2D eigenvalue weighted by molar-refractivity contribution is 5.78. The molecule has 1 heterocycles. The Balaban J connectivity index is 2.07. The minimum atomic E-state index is 0.116. The molecule has 0 radical (unpaired) electrons. The molecular formula is C7H12N2O. The molecule has 1 unspecified atom stereocenters. The van der Waals surface area contributed by atoms with Crippen LogP contribution in [0, 0.1) is 5.41 Å². The van der Waals surface area contributed by atoms with E-state index in [-0.39, 0.29) is 11.9 Å². The molecule has 1 spiro atoms. The van der Waals surface area contributed by atoms with Crippen LogP contribution in [-0.4, -0.2) is 18.5 Å². The number of carbonyl (C=O) groups excluding carboxylic acids is 1. The summed E-state index contributed by atoms with van der Waals surface area (Å²) in [6, 6.07) is 0.126. The van der Waals surface area contributed by atoms with Crippen molar-refractivity contribution in [3.05, 3.63) is 0 Å². The van der Waals surface area contributed by atoms with Gasteiger partial charge < -0.3 is 11.1 Å². The average molecular weight is 140 g/mol. The lowest BCUT2D eigenvalue weighted by Crippen LogP contribution is -2.49. The smallest absolute Gasteiger partial charge is 0.221 e. The molecule has 2 aliphatic rings. The van der Waals surface area contributed by atoms with Crippen molar-refractivity contribution in [3.63, 3.8) is 0 Å². The molecular weight excluding hydrogens is 128 g/mol. The Hall–Kier alpha value is -0.570. The van der Waals surface area contributed by atoms with Crippen LogP contribution in [0.15, 0.2) is 0 Å². The van der Waals surface area contributed by atoms with Crippen molar-refractivity contribution in [1.82, 2.24) is 5.32 Å². The monoisotopic (exact) mass is 140 g/mol. The summed E-state index contributed by atoms with van der Waals surface area (Å²) in [5, 5.41) is 2.85. The molecule has 0 aromatic heterocycles. The van der Waals surface area contributed by atoms with E-state index in [1.165, 1.54) is 12.8 Å². The van der Waals surface area contributed by atoms with Crippen molar-refractivity contribution in [3.8, 4) is 0 Å². The standard InChI is InChI=1S/C7H12N2O/c8-5-3-6(10)9-4-7(5)1-2-7/h5H,1-4,8H2,(H,9,10). The first kappa shape index (κ1) is 6.16. The summed E-state index contributed by atoms with van der Waals surface area (Å²) in [6.07, 6.45) is 2.93. The lowest BCUT2D eigenvalue weighted by Gasteiger charge is -2.28. The second-order valence-electron chi connectivity index (χ2n) is 3.45. The maximum atomic E-state index is 10.8. The molecule has 0 aromatic carbocycles. The van der Waals surface area contributed by atoms with Gasteiger partial charge in [-0.2, -0.15) is 0 Å². The number of carbonyl (C=O) groups is 1. The highest BCUT2D eigenvalue weighted by Crippen LogP contribution is 2.49. The highest BCUT2D eigenvalue weighted by atomic mass is 16.1. The second-order valence-corrected chi connectivity index (χ2v) is 3.45. The van der Waals surface area contributed by atoms with Crippen molar-refractivity contribution < 1.29 is 4.79 Å². The van der Waals surface area contributed by atoms with Crippen molar-refractivity contribution in [2.45, 2.75) is 25.3 Å². The summed E-state index contributed by atoms with van der Waals surface area (Å²) in [6.45, 7) is 0.812. The summed E-state index contributed by atoms with van der Waals surface area (Å²) in [5.41, 5.74) is 6.12. The topological polar surface area (TPSA) is 55.1 Å². The number of hydrogen-bond donors (Lipinski definition) is 2. The van der Waals surface area contributed by atoms with Crippen LogP contribution < -0.4 is 11.1 Å². The van der Waals surface area contributed by atoms with Crippen LogP contribution in [0.5, 0.6) is 0 Å². The lowest BCUT2D eigenvalue weighted by atomic mass is 9.91. The summed E-state index contributed by atoms with van der Waals surface area (Å²) in [7, 11) is 0. The third-order valence-corrected chi connectivity index (χ3v) is 2.72. The summed E-state index contributed by atoms with van der Waals surface area (Å²) < 4.78 is 0. The molecule has 1 aliphatic heterocycles. The fraction of sp³-hybridized carbons (Fsp3) is 0.857. The Morgan fingerprint density at radius 3 is 2.80 bits per heavy atom.